The van der Waals surface area contributed by atoms with E-state index in [1.54, 1.807) is 0 Å². The first-order valence-corrected chi connectivity index (χ1v) is 5.71. The van der Waals surface area contributed by atoms with Crippen molar-refractivity contribution in [3.63, 3.8) is 0 Å². The molecule has 0 aliphatic carbocycles. The Hall–Kier alpha value is -0.120. The van der Waals surface area contributed by atoms with Crippen molar-refractivity contribution in [1.29, 1.82) is 0 Å². The number of hydrogen-bond acceptors (Lipinski definition) is 3. The molecule has 0 amide bonds. The maximum Gasteiger partial charge on any atom is 0.0749 e. The Morgan fingerprint density at radius 2 is 1.79 bits per heavy atom. The highest BCUT2D eigenvalue weighted by molar-refractivity contribution is 5.04. The molecule has 3 aliphatic heterocycles. The van der Waals surface area contributed by atoms with Crippen LogP contribution in [0, 0.1) is 5.92 Å². The van der Waals surface area contributed by atoms with Gasteiger partial charge in [-0.1, -0.05) is 0 Å². The second-order valence-corrected chi connectivity index (χ2v) is 5.30. The molecule has 0 aromatic heterocycles. The summed E-state index contributed by atoms with van der Waals surface area (Å²) in [6.07, 6.45) is 4.48. The number of fused-ring (bicyclic) bond motifs is 2. The van der Waals surface area contributed by atoms with Gasteiger partial charge in [0.05, 0.1) is 18.8 Å². The van der Waals surface area contributed by atoms with Crippen LogP contribution in [0.25, 0.3) is 0 Å². The minimum absolute atomic E-state index is 0.406. The molecule has 3 heteroatoms. The van der Waals surface area contributed by atoms with E-state index in [9.17, 15) is 5.11 Å². The highest BCUT2D eigenvalue weighted by Gasteiger charge is 2.51. The maximum atomic E-state index is 10.6. The molecular weight excluding hydrogens is 178 g/mol. The summed E-state index contributed by atoms with van der Waals surface area (Å²) >= 11 is 0. The minimum Gasteiger partial charge on any atom is -0.389 e. The van der Waals surface area contributed by atoms with Crippen molar-refractivity contribution in [2.75, 3.05) is 20.3 Å². The molecule has 3 fully saturated rings. The summed E-state index contributed by atoms with van der Waals surface area (Å²) in [4.78, 5) is 2.47. The topological polar surface area (TPSA) is 32.7 Å². The SMILES string of the molecule is CN1C2CCC1CC(O)(C1COC1)C2. The van der Waals surface area contributed by atoms with Crippen LogP contribution in [0.2, 0.25) is 0 Å². The number of ether oxygens (including phenoxy) is 1. The van der Waals surface area contributed by atoms with Crippen molar-refractivity contribution in [2.24, 2.45) is 5.92 Å². The zero-order chi connectivity index (χ0) is 9.76. The molecule has 80 valence electrons. The molecule has 3 aliphatic rings. The highest BCUT2D eigenvalue weighted by atomic mass is 16.5. The molecule has 0 radical (unpaired) electrons. The molecule has 3 heterocycles. The first-order chi connectivity index (χ1) is 6.69. The molecule has 0 aromatic carbocycles. The molecule has 0 spiro atoms. The Morgan fingerprint density at radius 3 is 2.21 bits per heavy atom. The van der Waals surface area contributed by atoms with E-state index >= 15 is 0 Å². The molecule has 2 unspecified atom stereocenters. The van der Waals surface area contributed by atoms with Gasteiger partial charge in [-0.25, -0.2) is 0 Å². The normalized spacial score (nSPS) is 49.3. The third-order valence-electron chi connectivity index (χ3n) is 4.56. The van der Waals surface area contributed by atoms with Crippen molar-refractivity contribution < 1.29 is 9.84 Å². The van der Waals surface area contributed by atoms with Crippen LogP contribution >= 0.6 is 0 Å². The molecule has 0 saturated carbocycles. The summed E-state index contributed by atoms with van der Waals surface area (Å²) in [7, 11) is 2.21. The van der Waals surface area contributed by atoms with Crippen molar-refractivity contribution in [2.45, 2.75) is 43.4 Å². The monoisotopic (exact) mass is 197 g/mol. The molecule has 3 rings (SSSR count). The summed E-state index contributed by atoms with van der Waals surface area (Å²) in [6.45, 7) is 1.55. The fourth-order valence-electron chi connectivity index (χ4n) is 3.36. The number of nitrogens with zero attached hydrogens (tertiary/aromatic N) is 1. The van der Waals surface area contributed by atoms with Gasteiger partial charge in [-0.3, -0.25) is 0 Å². The molecule has 1 N–H and O–H groups in total. The maximum absolute atomic E-state index is 10.6. The Labute approximate surface area is 85.0 Å². The van der Waals surface area contributed by atoms with Gasteiger partial charge in [0.2, 0.25) is 0 Å². The molecule has 2 atom stereocenters. The molecule has 3 nitrogen and oxygen atoms in total. The lowest BCUT2D eigenvalue weighted by atomic mass is 9.75. The number of aliphatic hydroxyl groups is 1. The van der Waals surface area contributed by atoms with Crippen molar-refractivity contribution in [1.82, 2.24) is 4.90 Å². The van der Waals surface area contributed by atoms with Gasteiger partial charge in [-0.2, -0.15) is 0 Å². The van der Waals surface area contributed by atoms with E-state index in [-0.39, 0.29) is 0 Å². The summed E-state index contributed by atoms with van der Waals surface area (Å²) in [5.41, 5.74) is -0.406. The minimum atomic E-state index is -0.406. The predicted octanol–water partition coefficient (Wildman–Crippen LogP) is 0.620. The Bertz CT molecular complexity index is 225. The van der Waals surface area contributed by atoms with Crippen LogP contribution in [0.15, 0.2) is 0 Å². The largest absolute Gasteiger partial charge is 0.389 e. The average molecular weight is 197 g/mol. The third kappa shape index (κ3) is 1.16. The van der Waals surface area contributed by atoms with E-state index in [0.717, 1.165) is 26.1 Å². The zero-order valence-electron chi connectivity index (χ0n) is 8.78. The van der Waals surface area contributed by atoms with Crippen LogP contribution in [0.3, 0.4) is 0 Å². The average Bonchev–Trinajstić information content (AvgIpc) is 2.31. The zero-order valence-corrected chi connectivity index (χ0v) is 8.78. The van der Waals surface area contributed by atoms with Crippen LogP contribution in [-0.2, 0) is 4.74 Å². The highest BCUT2D eigenvalue weighted by Crippen LogP contribution is 2.44. The van der Waals surface area contributed by atoms with Crippen molar-refractivity contribution in [3.05, 3.63) is 0 Å². The van der Waals surface area contributed by atoms with Gasteiger partial charge in [-0.15, -0.1) is 0 Å². The van der Waals surface area contributed by atoms with E-state index in [1.165, 1.54) is 12.8 Å². The first kappa shape index (κ1) is 9.13. The van der Waals surface area contributed by atoms with E-state index in [2.05, 4.69) is 11.9 Å². The van der Waals surface area contributed by atoms with Crippen LogP contribution in [0.4, 0.5) is 0 Å². The fraction of sp³-hybridized carbons (Fsp3) is 1.00. The summed E-state index contributed by atoms with van der Waals surface area (Å²) in [5, 5.41) is 10.6. The number of piperidine rings is 1. The van der Waals surface area contributed by atoms with E-state index < -0.39 is 5.60 Å². The Kier molecular flexibility index (Phi) is 1.92. The van der Waals surface area contributed by atoms with Crippen molar-refractivity contribution >= 4 is 0 Å². The molecule has 2 bridgehead atoms. The summed E-state index contributed by atoms with van der Waals surface area (Å²) in [5.74, 6) is 0.416. The fourth-order valence-corrected chi connectivity index (χ4v) is 3.36. The first-order valence-electron chi connectivity index (χ1n) is 5.71. The standard InChI is InChI=1S/C11H19NO2/c1-12-9-2-3-10(12)5-11(13,4-9)8-6-14-7-8/h8-10,13H,2-7H2,1H3. The predicted molar refractivity (Wildman–Crippen MR) is 53.1 cm³/mol. The number of rotatable bonds is 1. The Morgan fingerprint density at radius 1 is 1.21 bits per heavy atom. The van der Waals surface area contributed by atoms with Gasteiger partial charge >= 0.3 is 0 Å². The van der Waals surface area contributed by atoms with Gasteiger partial charge in [0, 0.05) is 18.0 Å². The van der Waals surface area contributed by atoms with Crippen LogP contribution in [0.5, 0.6) is 0 Å². The lowest BCUT2D eigenvalue weighted by molar-refractivity contribution is -0.173. The molecular formula is C11H19NO2. The van der Waals surface area contributed by atoms with E-state index in [0.29, 0.717) is 18.0 Å². The van der Waals surface area contributed by atoms with Crippen LogP contribution in [0.1, 0.15) is 25.7 Å². The second kappa shape index (κ2) is 2.94. The van der Waals surface area contributed by atoms with Gasteiger partial charge in [-0.05, 0) is 32.7 Å². The van der Waals surface area contributed by atoms with Crippen molar-refractivity contribution in [3.8, 4) is 0 Å². The lowest BCUT2D eigenvalue weighted by Crippen LogP contribution is -2.57. The van der Waals surface area contributed by atoms with Gasteiger partial charge in [0.1, 0.15) is 0 Å². The lowest BCUT2D eigenvalue weighted by Gasteiger charge is -2.48. The Balaban J connectivity index is 1.77. The molecule has 14 heavy (non-hydrogen) atoms. The smallest absolute Gasteiger partial charge is 0.0749 e. The second-order valence-electron chi connectivity index (χ2n) is 5.30. The van der Waals surface area contributed by atoms with E-state index in [1.807, 2.05) is 0 Å². The quantitative estimate of drug-likeness (QED) is 0.669. The summed E-state index contributed by atoms with van der Waals surface area (Å²) < 4.78 is 5.20. The molecule has 3 saturated heterocycles. The van der Waals surface area contributed by atoms with Gasteiger partial charge < -0.3 is 14.7 Å². The summed E-state index contributed by atoms with van der Waals surface area (Å²) in [6, 6.07) is 1.25. The molecule has 0 aromatic rings. The number of hydrogen-bond donors (Lipinski definition) is 1. The van der Waals surface area contributed by atoms with E-state index in [4.69, 9.17) is 4.74 Å². The van der Waals surface area contributed by atoms with Gasteiger partial charge in [0.15, 0.2) is 0 Å². The van der Waals surface area contributed by atoms with Gasteiger partial charge in [0.25, 0.3) is 0 Å². The van der Waals surface area contributed by atoms with Crippen LogP contribution < -0.4 is 0 Å². The van der Waals surface area contributed by atoms with Crippen LogP contribution in [-0.4, -0.2) is 48.0 Å². The third-order valence-corrected chi connectivity index (χ3v) is 4.56.